The molecule has 0 saturated carbocycles. The Balaban J connectivity index is 1.91. The third-order valence-electron chi connectivity index (χ3n) is 4.11. The third kappa shape index (κ3) is 2.49. The minimum atomic E-state index is 0.435. The van der Waals surface area contributed by atoms with Gasteiger partial charge in [-0.2, -0.15) is 5.10 Å². The van der Waals surface area contributed by atoms with E-state index in [0.717, 1.165) is 48.8 Å². The average molecular weight is 293 g/mol. The van der Waals surface area contributed by atoms with Gasteiger partial charge in [-0.25, -0.2) is 9.50 Å². The third-order valence-corrected chi connectivity index (χ3v) is 4.55. The van der Waals surface area contributed by atoms with Gasteiger partial charge in [0.05, 0.1) is 5.69 Å². The van der Waals surface area contributed by atoms with E-state index in [0.29, 0.717) is 11.8 Å². The topological polar surface area (TPSA) is 33.4 Å². The standard InChI is InChI=1S/C15H21ClN4/c1-11(2)13-9-14-15(17-5-8-20(14)18-13)19-6-3-12(10-16)4-7-19/h5,8-9,11-12H,3-4,6-7,10H2,1-2H3. The van der Waals surface area contributed by atoms with Crippen LogP contribution in [0.15, 0.2) is 18.5 Å². The van der Waals surface area contributed by atoms with Crippen molar-refractivity contribution in [3.8, 4) is 0 Å². The Morgan fingerprint density at radius 2 is 2.10 bits per heavy atom. The first-order valence-corrected chi connectivity index (χ1v) is 7.87. The maximum absolute atomic E-state index is 5.96. The van der Waals surface area contributed by atoms with E-state index in [1.807, 2.05) is 16.9 Å². The van der Waals surface area contributed by atoms with Gasteiger partial charge in [0, 0.05) is 31.4 Å². The Morgan fingerprint density at radius 1 is 1.35 bits per heavy atom. The van der Waals surface area contributed by atoms with Crippen LogP contribution in [-0.4, -0.2) is 33.6 Å². The van der Waals surface area contributed by atoms with E-state index in [4.69, 9.17) is 11.6 Å². The summed E-state index contributed by atoms with van der Waals surface area (Å²) in [5.74, 6) is 2.92. The number of alkyl halides is 1. The molecular weight excluding hydrogens is 272 g/mol. The highest BCUT2D eigenvalue weighted by Gasteiger charge is 2.21. The van der Waals surface area contributed by atoms with Crippen molar-refractivity contribution in [2.24, 2.45) is 5.92 Å². The van der Waals surface area contributed by atoms with Crippen LogP contribution in [0.3, 0.4) is 0 Å². The Morgan fingerprint density at radius 3 is 2.75 bits per heavy atom. The molecular formula is C15H21ClN4. The SMILES string of the molecule is CC(C)c1cc2c(N3CCC(CCl)CC3)nccn2n1. The normalized spacial score (nSPS) is 17.3. The van der Waals surface area contributed by atoms with Crippen LogP contribution >= 0.6 is 11.6 Å². The van der Waals surface area contributed by atoms with E-state index < -0.39 is 0 Å². The van der Waals surface area contributed by atoms with Crippen LogP contribution in [0.1, 0.15) is 38.3 Å². The highest BCUT2D eigenvalue weighted by molar-refractivity contribution is 6.18. The maximum atomic E-state index is 5.96. The maximum Gasteiger partial charge on any atom is 0.154 e. The van der Waals surface area contributed by atoms with Gasteiger partial charge in [0.15, 0.2) is 5.82 Å². The van der Waals surface area contributed by atoms with Crippen LogP contribution in [-0.2, 0) is 0 Å². The van der Waals surface area contributed by atoms with E-state index >= 15 is 0 Å². The fourth-order valence-electron chi connectivity index (χ4n) is 2.75. The van der Waals surface area contributed by atoms with Gasteiger partial charge >= 0.3 is 0 Å². The summed E-state index contributed by atoms with van der Waals surface area (Å²) in [7, 11) is 0. The highest BCUT2D eigenvalue weighted by Crippen LogP contribution is 2.27. The zero-order valence-electron chi connectivity index (χ0n) is 12.1. The van der Waals surface area contributed by atoms with Crippen molar-refractivity contribution < 1.29 is 0 Å². The molecule has 0 N–H and O–H groups in total. The number of halogens is 1. The lowest BCUT2D eigenvalue weighted by Crippen LogP contribution is -2.35. The van der Waals surface area contributed by atoms with Crippen molar-refractivity contribution in [2.75, 3.05) is 23.9 Å². The second-order valence-electron chi connectivity index (χ2n) is 5.89. The van der Waals surface area contributed by atoms with Crippen molar-refractivity contribution >= 4 is 22.9 Å². The molecule has 1 fully saturated rings. The Labute approximate surface area is 124 Å². The van der Waals surface area contributed by atoms with Crippen molar-refractivity contribution in [1.82, 2.24) is 14.6 Å². The number of piperidine rings is 1. The summed E-state index contributed by atoms with van der Waals surface area (Å²) in [5.41, 5.74) is 2.23. The van der Waals surface area contributed by atoms with E-state index in [1.54, 1.807) is 0 Å². The van der Waals surface area contributed by atoms with Gasteiger partial charge in [-0.3, -0.25) is 0 Å². The Kier molecular flexibility index (Phi) is 3.83. The molecule has 4 nitrogen and oxygen atoms in total. The van der Waals surface area contributed by atoms with Gasteiger partial charge in [-0.05, 0) is 30.7 Å². The quantitative estimate of drug-likeness (QED) is 0.814. The smallest absolute Gasteiger partial charge is 0.154 e. The molecule has 1 aliphatic rings. The average Bonchev–Trinajstić information content (AvgIpc) is 2.91. The summed E-state index contributed by atoms with van der Waals surface area (Å²) < 4.78 is 1.95. The fraction of sp³-hybridized carbons (Fsp3) is 0.600. The molecule has 0 radical (unpaired) electrons. The molecule has 5 heteroatoms. The number of nitrogens with zero attached hydrogens (tertiary/aromatic N) is 4. The van der Waals surface area contributed by atoms with Crippen LogP contribution in [0.2, 0.25) is 0 Å². The number of aromatic nitrogens is 3. The molecule has 0 aliphatic carbocycles. The van der Waals surface area contributed by atoms with Crippen LogP contribution in [0, 0.1) is 5.92 Å². The summed E-state index contributed by atoms with van der Waals surface area (Å²) in [6, 6.07) is 2.17. The second-order valence-corrected chi connectivity index (χ2v) is 6.20. The van der Waals surface area contributed by atoms with E-state index in [1.165, 1.54) is 0 Å². The van der Waals surface area contributed by atoms with E-state index in [-0.39, 0.29) is 0 Å². The molecule has 0 aromatic carbocycles. The molecule has 0 bridgehead atoms. The van der Waals surface area contributed by atoms with Crippen LogP contribution in [0.5, 0.6) is 0 Å². The number of fused-ring (bicyclic) bond motifs is 1. The van der Waals surface area contributed by atoms with Gasteiger partial charge in [0.1, 0.15) is 5.52 Å². The molecule has 0 spiro atoms. The van der Waals surface area contributed by atoms with Crippen LogP contribution < -0.4 is 4.90 Å². The van der Waals surface area contributed by atoms with Gasteiger partial charge < -0.3 is 4.90 Å². The van der Waals surface area contributed by atoms with Gasteiger partial charge in [-0.15, -0.1) is 11.6 Å². The molecule has 2 aromatic heterocycles. The van der Waals surface area contributed by atoms with Crippen molar-refractivity contribution in [1.29, 1.82) is 0 Å². The number of hydrogen-bond acceptors (Lipinski definition) is 3. The zero-order chi connectivity index (χ0) is 14.1. The van der Waals surface area contributed by atoms with Crippen molar-refractivity contribution in [2.45, 2.75) is 32.6 Å². The number of anilines is 1. The number of hydrogen-bond donors (Lipinski definition) is 0. The summed E-state index contributed by atoms with van der Waals surface area (Å²) in [6.07, 6.45) is 6.07. The predicted octanol–water partition coefficient (Wildman–Crippen LogP) is 3.31. The molecule has 0 amide bonds. The largest absolute Gasteiger partial charge is 0.355 e. The van der Waals surface area contributed by atoms with Gasteiger partial charge in [0.25, 0.3) is 0 Å². The molecule has 0 unspecified atom stereocenters. The summed E-state index contributed by atoms with van der Waals surface area (Å²) in [4.78, 5) is 6.95. The second kappa shape index (κ2) is 5.60. The minimum absolute atomic E-state index is 0.435. The first-order chi connectivity index (χ1) is 9.69. The molecule has 1 aliphatic heterocycles. The van der Waals surface area contributed by atoms with Crippen molar-refractivity contribution in [3.05, 3.63) is 24.2 Å². The predicted molar refractivity (Wildman–Crippen MR) is 82.7 cm³/mol. The summed E-state index contributed by atoms with van der Waals surface area (Å²) in [6.45, 7) is 6.40. The lowest BCUT2D eigenvalue weighted by Gasteiger charge is -2.32. The lowest BCUT2D eigenvalue weighted by molar-refractivity contribution is 0.441. The van der Waals surface area contributed by atoms with Crippen LogP contribution in [0.4, 0.5) is 5.82 Å². The van der Waals surface area contributed by atoms with E-state index in [2.05, 4.69) is 34.9 Å². The van der Waals surface area contributed by atoms with E-state index in [9.17, 15) is 0 Å². The van der Waals surface area contributed by atoms with Gasteiger partial charge in [0.2, 0.25) is 0 Å². The van der Waals surface area contributed by atoms with Crippen LogP contribution in [0.25, 0.3) is 5.52 Å². The van der Waals surface area contributed by atoms with Crippen molar-refractivity contribution in [3.63, 3.8) is 0 Å². The molecule has 2 aromatic rings. The Hall–Kier alpha value is -1.29. The molecule has 1 saturated heterocycles. The molecule has 3 rings (SSSR count). The molecule has 0 atom stereocenters. The Bertz CT molecular complexity index is 585. The summed E-state index contributed by atoms with van der Waals surface area (Å²) in [5, 5.41) is 4.63. The minimum Gasteiger partial charge on any atom is -0.355 e. The molecule has 20 heavy (non-hydrogen) atoms. The molecule has 3 heterocycles. The molecule has 108 valence electrons. The monoisotopic (exact) mass is 292 g/mol. The summed E-state index contributed by atoms with van der Waals surface area (Å²) >= 11 is 5.96. The zero-order valence-corrected chi connectivity index (χ0v) is 12.8. The number of rotatable bonds is 3. The first-order valence-electron chi connectivity index (χ1n) is 7.34. The van der Waals surface area contributed by atoms with Gasteiger partial charge in [-0.1, -0.05) is 13.8 Å². The first kappa shape index (κ1) is 13.7. The highest BCUT2D eigenvalue weighted by atomic mass is 35.5. The lowest BCUT2D eigenvalue weighted by atomic mass is 9.99. The fourth-order valence-corrected chi connectivity index (χ4v) is 3.06.